The van der Waals surface area contributed by atoms with Gasteiger partial charge < -0.3 is 9.22 Å². The van der Waals surface area contributed by atoms with Gasteiger partial charge in [-0.15, -0.1) is 0 Å². The third kappa shape index (κ3) is 24.9. The Balaban J connectivity index is 0. The number of rotatable bonds is 5. The normalized spacial score (nSPS) is 16.7. The number of ether oxygens (including phenoxy) is 1. The van der Waals surface area contributed by atoms with E-state index in [-0.39, 0.29) is 0 Å². The molecule has 0 atom stereocenters. The Morgan fingerprint density at radius 3 is 1.56 bits per heavy atom. The Morgan fingerprint density at radius 2 is 1.33 bits per heavy atom. The van der Waals surface area contributed by atoms with Gasteiger partial charge in [0.15, 0.2) is 6.73 Å². The van der Waals surface area contributed by atoms with E-state index in [1.54, 1.807) is 0 Å². The van der Waals surface area contributed by atoms with Crippen molar-refractivity contribution in [3.05, 3.63) is 0 Å². The van der Waals surface area contributed by atoms with Crippen LogP contribution in [-0.4, -0.2) is 38.0 Å². The van der Waals surface area contributed by atoms with Crippen molar-refractivity contribution in [2.24, 2.45) is 0 Å². The summed E-state index contributed by atoms with van der Waals surface area (Å²) in [6.45, 7) is 8.28. The molecule has 116 valence electrons. The van der Waals surface area contributed by atoms with Crippen molar-refractivity contribution in [1.82, 2.24) is 0 Å². The average Bonchev–Trinajstić information content (AvgIpc) is 1.98. The fourth-order valence-electron chi connectivity index (χ4n) is 0.593. The van der Waals surface area contributed by atoms with E-state index < -0.39 is 7.81 Å². The first kappa shape index (κ1) is 20.3. The van der Waals surface area contributed by atoms with Gasteiger partial charge in [0, 0.05) is 0 Å². The zero-order valence-electron chi connectivity index (χ0n) is 11.3. The molecular formula is C9H22F6NOP. The van der Waals surface area contributed by atoms with Crippen LogP contribution in [0.15, 0.2) is 0 Å². The fraction of sp³-hybridized carbons (Fsp3) is 1.00. The Hall–Kier alpha value is -0.0700. The van der Waals surface area contributed by atoms with Crippen LogP contribution in [0.1, 0.15) is 27.2 Å². The minimum atomic E-state index is -10.7. The standard InChI is InChI=1S/C9H22NO.F6P/c1-6-7-11-8-10(4,5)9(2)3;1-7(2,3,4,5)6/h9H,6-8H2,1-5H3;/q+1;-1. The van der Waals surface area contributed by atoms with Crippen LogP contribution in [0, 0.1) is 0 Å². The first-order valence-corrected chi connectivity index (χ1v) is 7.45. The molecule has 0 aromatic heterocycles. The van der Waals surface area contributed by atoms with Gasteiger partial charge in [-0.1, -0.05) is 6.92 Å². The van der Waals surface area contributed by atoms with Gasteiger partial charge in [0.2, 0.25) is 0 Å². The second kappa shape index (κ2) is 5.51. The first-order chi connectivity index (χ1) is 7.45. The molecule has 0 radical (unpaired) electrons. The van der Waals surface area contributed by atoms with Gasteiger partial charge in [-0.2, -0.15) is 0 Å². The first-order valence-electron chi connectivity index (χ1n) is 5.42. The van der Waals surface area contributed by atoms with E-state index in [4.69, 9.17) is 4.74 Å². The van der Waals surface area contributed by atoms with E-state index >= 15 is 0 Å². The predicted molar refractivity (Wildman–Crippen MR) is 61.9 cm³/mol. The number of hydrogen-bond donors (Lipinski definition) is 0. The number of hydrogen-bond acceptors (Lipinski definition) is 1. The van der Waals surface area contributed by atoms with Gasteiger partial charge in [0.05, 0.1) is 26.7 Å². The van der Waals surface area contributed by atoms with Gasteiger partial charge >= 0.3 is 33.0 Å². The fourth-order valence-corrected chi connectivity index (χ4v) is 0.593. The van der Waals surface area contributed by atoms with Crippen LogP contribution in [0.4, 0.5) is 25.2 Å². The van der Waals surface area contributed by atoms with Crippen LogP contribution in [0.2, 0.25) is 0 Å². The van der Waals surface area contributed by atoms with E-state index in [9.17, 15) is 25.2 Å². The molecule has 0 amide bonds. The molecule has 0 aliphatic rings. The maximum atomic E-state index is 9.87. The summed E-state index contributed by atoms with van der Waals surface area (Å²) in [5, 5.41) is 0. The molecule has 0 heterocycles. The van der Waals surface area contributed by atoms with Gasteiger partial charge in [0.25, 0.3) is 0 Å². The molecule has 0 fully saturated rings. The second-order valence-electron chi connectivity index (χ2n) is 4.87. The SMILES string of the molecule is CCCOC[N+](C)(C)C(C)C.F[P-](F)(F)(F)(F)F. The number of nitrogens with zero attached hydrogens (tertiary/aromatic N) is 1. The van der Waals surface area contributed by atoms with Crippen molar-refractivity contribution in [2.75, 3.05) is 27.4 Å². The van der Waals surface area contributed by atoms with Crippen LogP contribution in [-0.2, 0) is 4.74 Å². The molecule has 0 saturated heterocycles. The van der Waals surface area contributed by atoms with Crippen LogP contribution >= 0.6 is 7.81 Å². The third-order valence-electron chi connectivity index (χ3n) is 2.17. The average molecular weight is 305 g/mol. The summed E-state index contributed by atoms with van der Waals surface area (Å²) in [6, 6.07) is 0.631. The molecule has 0 unspecified atom stereocenters. The Labute approximate surface area is 104 Å². The van der Waals surface area contributed by atoms with Crippen LogP contribution < -0.4 is 0 Å². The molecule has 0 bridgehead atoms. The summed E-state index contributed by atoms with van der Waals surface area (Å²) >= 11 is 0. The van der Waals surface area contributed by atoms with Crippen LogP contribution in [0.25, 0.3) is 0 Å². The van der Waals surface area contributed by atoms with Crippen molar-refractivity contribution in [2.45, 2.75) is 33.2 Å². The van der Waals surface area contributed by atoms with Crippen LogP contribution in [0.5, 0.6) is 0 Å². The summed E-state index contributed by atoms with van der Waals surface area (Å²) in [5.41, 5.74) is 0. The van der Waals surface area contributed by atoms with Crippen molar-refractivity contribution < 1.29 is 34.4 Å². The molecule has 9 heteroatoms. The minimum absolute atomic E-state index is 0.631. The summed E-state index contributed by atoms with van der Waals surface area (Å²) in [4.78, 5) is 0. The van der Waals surface area contributed by atoms with Crippen molar-refractivity contribution in [3.8, 4) is 0 Å². The molecule has 18 heavy (non-hydrogen) atoms. The molecule has 0 aromatic carbocycles. The molecule has 0 N–H and O–H groups in total. The molecule has 0 aromatic rings. The van der Waals surface area contributed by atoms with E-state index in [1.165, 1.54) is 0 Å². The number of halogens is 6. The molecular weight excluding hydrogens is 283 g/mol. The predicted octanol–water partition coefficient (Wildman–Crippen LogP) is 5.24. The quantitative estimate of drug-likeness (QED) is 0.222. The molecule has 0 spiro atoms. The monoisotopic (exact) mass is 305 g/mol. The van der Waals surface area contributed by atoms with Gasteiger partial charge in [-0.25, -0.2) is 0 Å². The van der Waals surface area contributed by atoms with Crippen molar-refractivity contribution in [1.29, 1.82) is 0 Å². The van der Waals surface area contributed by atoms with Crippen molar-refractivity contribution in [3.63, 3.8) is 0 Å². The molecule has 0 saturated carbocycles. The zero-order valence-corrected chi connectivity index (χ0v) is 12.2. The third-order valence-corrected chi connectivity index (χ3v) is 2.17. The molecule has 0 aliphatic carbocycles. The topological polar surface area (TPSA) is 9.23 Å². The number of quaternary nitrogens is 1. The zero-order chi connectivity index (χ0) is 15.3. The van der Waals surface area contributed by atoms with Gasteiger partial charge in [0.1, 0.15) is 0 Å². The maximum absolute atomic E-state index is 10.7. The Kier molecular flexibility index (Phi) is 6.20. The van der Waals surface area contributed by atoms with Gasteiger partial charge in [-0.3, -0.25) is 0 Å². The van der Waals surface area contributed by atoms with E-state index in [0.29, 0.717) is 6.04 Å². The van der Waals surface area contributed by atoms with E-state index in [1.807, 2.05) is 0 Å². The van der Waals surface area contributed by atoms with E-state index in [0.717, 1.165) is 24.2 Å². The van der Waals surface area contributed by atoms with Crippen molar-refractivity contribution >= 4 is 7.81 Å². The Morgan fingerprint density at radius 1 is 1.00 bits per heavy atom. The molecule has 2 nitrogen and oxygen atoms in total. The summed E-state index contributed by atoms with van der Waals surface area (Å²) in [5.74, 6) is 0. The van der Waals surface area contributed by atoms with Gasteiger partial charge in [-0.05, 0) is 20.3 Å². The van der Waals surface area contributed by atoms with E-state index in [2.05, 4.69) is 34.9 Å². The Bertz CT molecular complexity index is 236. The second-order valence-corrected chi connectivity index (χ2v) is 6.78. The summed E-state index contributed by atoms with van der Waals surface area (Å²) in [6.07, 6.45) is 1.11. The summed E-state index contributed by atoms with van der Waals surface area (Å²) in [7, 11) is -6.27. The summed E-state index contributed by atoms with van der Waals surface area (Å²) < 4.78 is 65.6. The van der Waals surface area contributed by atoms with Crippen LogP contribution in [0.3, 0.4) is 0 Å². The molecule has 0 aliphatic heterocycles. The molecule has 0 rings (SSSR count).